The van der Waals surface area contributed by atoms with E-state index in [2.05, 4.69) is 27.3 Å². The first-order valence-electron chi connectivity index (χ1n) is 8.88. The largest absolute Gasteiger partial charge is 0.469 e. The third kappa shape index (κ3) is 2.30. The highest BCUT2D eigenvalue weighted by Crippen LogP contribution is 2.48. The van der Waals surface area contributed by atoms with Crippen LogP contribution in [0.15, 0.2) is 0 Å². The highest BCUT2D eigenvalue weighted by atomic mass is 16.5. The molecular weight excluding hydrogens is 310 g/mol. The molecule has 0 unspecified atom stereocenters. The summed E-state index contributed by atoms with van der Waals surface area (Å²) >= 11 is 0. The molecule has 0 amide bonds. The molecule has 0 aromatic carbocycles. The van der Waals surface area contributed by atoms with Gasteiger partial charge in [0.2, 0.25) is 5.95 Å². The second-order valence-corrected chi connectivity index (χ2v) is 7.33. The Balaban J connectivity index is 1.63. The number of esters is 1. The van der Waals surface area contributed by atoms with Crippen molar-refractivity contribution in [3.05, 3.63) is 0 Å². The van der Waals surface area contributed by atoms with Crippen LogP contribution in [0.5, 0.6) is 0 Å². The van der Waals surface area contributed by atoms with Crippen molar-refractivity contribution in [1.29, 1.82) is 0 Å². The summed E-state index contributed by atoms with van der Waals surface area (Å²) in [4.78, 5) is 14.7. The first-order chi connectivity index (χ1) is 11.7. The molecule has 1 aromatic rings. The lowest BCUT2D eigenvalue weighted by Crippen LogP contribution is -2.42. The summed E-state index contributed by atoms with van der Waals surface area (Å²) in [5.74, 6) is 1.00. The van der Waals surface area contributed by atoms with Crippen LogP contribution in [-0.2, 0) is 14.3 Å². The molecule has 1 saturated carbocycles. The van der Waals surface area contributed by atoms with Gasteiger partial charge in [0.1, 0.15) is 0 Å². The van der Waals surface area contributed by atoms with Crippen LogP contribution in [-0.4, -0.2) is 59.1 Å². The third-order valence-electron chi connectivity index (χ3n) is 6.12. The molecule has 4 rings (SSSR count). The summed E-state index contributed by atoms with van der Waals surface area (Å²) in [6.07, 6.45) is 5.24. The van der Waals surface area contributed by atoms with Crippen LogP contribution in [0.2, 0.25) is 0 Å². The highest BCUT2D eigenvalue weighted by molar-refractivity contribution is 5.79. The summed E-state index contributed by atoms with van der Waals surface area (Å²) < 4.78 is 12.7. The van der Waals surface area contributed by atoms with Gasteiger partial charge in [-0.1, -0.05) is 17.9 Å². The second-order valence-electron chi connectivity index (χ2n) is 7.33. The van der Waals surface area contributed by atoms with Crippen LogP contribution in [0.25, 0.3) is 0 Å². The minimum atomic E-state index is -0.401. The molecular formula is C16H25N5O3. The van der Waals surface area contributed by atoms with Gasteiger partial charge in [0.15, 0.2) is 0 Å². The molecule has 0 spiro atoms. The number of aromatic nitrogens is 4. The standard InChI is InChI=1S/C16H25N5O3/c1-11-13(6-8-24-11)21-15(17-18-19-21)20-9-12-5-3-4-7-16(12,10-20)14(22)23-2/h11-13H,3-10H2,1-2H3/t11-,12-,13-,16-/m1/s1. The fraction of sp³-hybridized carbons (Fsp3) is 0.875. The Morgan fingerprint density at radius 3 is 3.00 bits per heavy atom. The number of carbonyl (C=O) groups is 1. The maximum atomic E-state index is 12.6. The van der Waals surface area contributed by atoms with E-state index in [0.29, 0.717) is 12.5 Å². The van der Waals surface area contributed by atoms with Gasteiger partial charge in [0.25, 0.3) is 0 Å². The lowest BCUT2D eigenvalue weighted by molar-refractivity contribution is -0.156. The molecule has 3 heterocycles. The SMILES string of the molecule is COC(=O)[C@@]12CCCC[C@@H]1CN(c1nnnn1[C@@H]1CCO[C@@H]1C)C2. The van der Waals surface area contributed by atoms with E-state index in [-0.39, 0.29) is 18.1 Å². The molecule has 0 N–H and O–H groups in total. The van der Waals surface area contributed by atoms with Gasteiger partial charge >= 0.3 is 5.97 Å². The van der Waals surface area contributed by atoms with Crippen molar-refractivity contribution in [3.8, 4) is 0 Å². The summed E-state index contributed by atoms with van der Waals surface area (Å²) in [6, 6.07) is 0.159. The number of rotatable bonds is 3. The molecule has 1 aromatic heterocycles. The van der Waals surface area contributed by atoms with Crippen LogP contribution >= 0.6 is 0 Å². The monoisotopic (exact) mass is 335 g/mol. The van der Waals surface area contributed by atoms with Crippen molar-refractivity contribution in [1.82, 2.24) is 20.2 Å². The maximum absolute atomic E-state index is 12.6. The van der Waals surface area contributed by atoms with Gasteiger partial charge in [-0.25, -0.2) is 4.68 Å². The molecule has 2 saturated heterocycles. The van der Waals surface area contributed by atoms with E-state index in [1.807, 2.05) is 4.68 Å². The molecule has 0 bridgehead atoms. The molecule has 4 atom stereocenters. The smallest absolute Gasteiger partial charge is 0.313 e. The number of anilines is 1. The molecule has 8 heteroatoms. The van der Waals surface area contributed by atoms with Crippen LogP contribution in [0.1, 0.15) is 45.1 Å². The van der Waals surface area contributed by atoms with Gasteiger partial charge in [-0.2, -0.15) is 0 Å². The lowest BCUT2D eigenvalue weighted by Gasteiger charge is -2.35. The molecule has 3 aliphatic rings. The number of fused-ring (bicyclic) bond motifs is 1. The van der Waals surface area contributed by atoms with Crippen LogP contribution in [0, 0.1) is 11.3 Å². The van der Waals surface area contributed by atoms with E-state index in [4.69, 9.17) is 9.47 Å². The Bertz CT molecular complexity index is 621. The molecule has 132 valence electrons. The zero-order valence-electron chi connectivity index (χ0n) is 14.3. The average Bonchev–Trinajstić information content (AvgIpc) is 3.30. The minimum Gasteiger partial charge on any atom is -0.469 e. The Kier molecular flexibility index (Phi) is 3.94. The maximum Gasteiger partial charge on any atom is 0.313 e. The molecule has 2 aliphatic heterocycles. The number of methoxy groups -OCH3 is 1. The zero-order chi connectivity index (χ0) is 16.7. The van der Waals surface area contributed by atoms with Crippen molar-refractivity contribution in [2.75, 3.05) is 31.7 Å². The highest BCUT2D eigenvalue weighted by Gasteiger charge is 2.54. The molecule has 8 nitrogen and oxygen atoms in total. The van der Waals surface area contributed by atoms with Crippen LogP contribution in [0.3, 0.4) is 0 Å². The molecule has 3 fully saturated rings. The number of nitrogens with zero attached hydrogens (tertiary/aromatic N) is 5. The molecule has 24 heavy (non-hydrogen) atoms. The first-order valence-corrected chi connectivity index (χ1v) is 8.88. The molecule has 1 aliphatic carbocycles. The second kappa shape index (κ2) is 5.98. The number of hydrogen-bond donors (Lipinski definition) is 0. The van der Waals surface area contributed by atoms with Gasteiger partial charge in [0, 0.05) is 19.7 Å². The normalized spacial score (nSPS) is 35.9. The van der Waals surface area contributed by atoms with Crippen molar-refractivity contribution in [2.45, 2.75) is 51.2 Å². The Labute approximate surface area is 141 Å². The summed E-state index contributed by atoms with van der Waals surface area (Å²) in [7, 11) is 1.49. The number of hydrogen-bond acceptors (Lipinski definition) is 7. The van der Waals surface area contributed by atoms with Crippen LogP contribution in [0.4, 0.5) is 5.95 Å². The Morgan fingerprint density at radius 2 is 2.25 bits per heavy atom. The van der Waals surface area contributed by atoms with Gasteiger partial charge in [-0.15, -0.1) is 0 Å². The van der Waals surface area contributed by atoms with E-state index in [1.54, 1.807) is 0 Å². The topological polar surface area (TPSA) is 82.4 Å². The fourth-order valence-electron chi connectivity index (χ4n) is 4.80. The summed E-state index contributed by atoms with van der Waals surface area (Å²) in [5, 5.41) is 12.4. The minimum absolute atomic E-state index is 0.0775. The Morgan fingerprint density at radius 1 is 1.38 bits per heavy atom. The Hall–Kier alpha value is -1.70. The average molecular weight is 335 g/mol. The van der Waals surface area contributed by atoms with Crippen molar-refractivity contribution in [2.24, 2.45) is 11.3 Å². The van der Waals surface area contributed by atoms with E-state index in [9.17, 15) is 4.79 Å². The van der Waals surface area contributed by atoms with E-state index in [0.717, 1.165) is 44.8 Å². The van der Waals surface area contributed by atoms with Gasteiger partial charge < -0.3 is 14.4 Å². The van der Waals surface area contributed by atoms with Gasteiger partial charge in [-0.3, -0.25) is 4.79 Å². The first kappa shape index (κ1) is 15.8. The zero-order valence-corrected chi connectivity index (χ0v) is 14.3. The van der Waals surface area contributed by atoms with Gasteiger partial charge in [0.05, 0.1) is 24.7 Å². The van der Waals surface area contributed by atoms with E-state index >= 15 is 0 Å². The van der Waals surface area contributed by atoms with E-state index < -0.39 is 5.41 Å². The predicted octanol–water partition coefficient (Wildman–Crippen LogP) is 1.19. The molecule has 0 radical (unpaired) electrons. The van der Waals surface area contributed by atoms with Crippen LogP contribution < -0.4 is 4.90 Å². The lowest BCUT2D eigenvalue weighted by atomic mass is 9.68. The number of tetrazole rings is 1. The fourth-order valence-corrected chi connectivity index (χ4v) is 4.80. The summed E-state index contributed by atoms with van der Waals surface area (Å²) in [5.41, 5.74) is -0.401. The van der Waals surface area contributed by atoms with Crippen molar-refractivity contribution >= 4 is 11.9 Å². The quantitative estimate of drug-likeness (QED) is 0.767. The number of ether oxygens (including phenoxy) is 2. The van der Waals surface area contributed by atoms with Crippen molar-refractivity contribution < 1.29 is 14.3 Å². The van der Waals surface area contributed by atoms with Crippen molar-refractivity contribution in [3.63, 3.8) is 0 Å². The van der Waals surface area contributed by atoms with E-state index in [1.165, 1.54) is 13.5 Å². The number of carbonyl (C=O) groups excluding carboxylic acids is 1. The summed E-state index contributed by atoms with van der Waals surface area (Å²) in [6.45, 7) is 4.26. The predicted molar refractivity (Wildman–Crippen MR) is 85.5 cm³/mol. The third-order valence-corrected chi connectivity index (χ3v) is 6.12. The van der Waals surface area contributed by atoms with Gasteiger partial charge in [-0.05, 0) is 42.5 Å².